The lowest BCUT2D eigenvalue weighted by Gasteiger charge is -2.47. The van der Waals surface area contributed by atoms with Gasteiger partial charge in [0.25, 0.3) is 0 Å². The first-order valence-electron chi connectivity index (χ1n) is 15.0. The van der Waals surface area contributed by atoms with E-state index in [2.05, 4.69) is 23.5 Å². The fourth-order valence-corrected chi connectivity index (χ4v) is 6.35. The molecule has 4 aromatic carbocycles. The summed E-state index contributed by atoms with van der Waals surface area (Å²) in [4.78, 5) is 45.0. The van der Waals surface area contributed by atoms with Gasteiger partial charge in [-0.05, 0) is 53.4 Å². The van der Waals surface area contributed by atoms with E-state index in [9.17, 15) is 18.8 Å². The monoisotopic (exact) mass is 593 g/mol. The second-order valence-corrected chi connectivity index (χ2v) is 11.7. The van der Waals surface area contributed by atoms with Crippen LogP contribution < -0.4 is 5.32 Å². The number of nitrogens with one attached hydrogen (secondary N) is 1. The number of carbonyl (C=O) groups is 3. The van der Waals surface area contributed by atoms with Crippen molar-refractivity contribution in [2.75, 3.05) is 13.1 Å². The minimum Gasteiger partial charge on any atom is -0.333 e. The zero-order valence-electron chi connectivity index (χ0n) is 24.9. The van der Waals surface area contributed by atoms with Crippen LogP contribution in [0.2, 0.25) is 0 Å². The van der Waals surface area contributed by atoms with Gasteiger partial charge in [0.15, 0.2) is 0 Å². The predicted octanol–water partition coefficient (Wildman–Crippen LogP) is 4.94. The largest absolute Gasteiger partial charge is 0.333 e. The third-order valence-electron chi connectivity index (χ3n) is 8.41. The first kappa shape index (κ1) is 29.3. The van der Waals surface area contributed by atoms with E-state index in [-0.39, 0.29) is 49.3 Å². The van der Waals surface area contributed by atoms with Gasteiger partial charge in [0.1, 0.15) is 18.0 Å². The van der Waals surface area contributed by atoms with Gasteiger partial charge < -0.3 is 15.1 Å². The van der Waals surface area contributed by atoms with Crippen LogP contribution >= 0.6 is 0 Å². The Hall–Kier alpha value is -4.76. The Morgan fingerprint density at radius 2 is 1.61 bits per heavy atom. The highest BCUT2D eigenvalue weighted by Gasteiger charge is 2.52. The summed E-state index contributed by atoms with van der Waals surface area (Å²) in [5.74, 6) is -0.638. The number of halogens is 1. The third kappa shape index (κ3) is 5.88. The maximum atomic E-state index is 14.2. The maximum Gasteiger partial charge on any atom is 0.332 e. The molecule has 2 atom stereocenters. The molecule has 9 heteroatoms. The lowest BCUT2D eigenvalue weighted by atomic mass is 9.99. The number of benzene rings is 4. The van der Waals surface area contributed by atoms with E-state index in [4.69, 9.17) is 0 Å². The van der Waals surface area contributed by atoms with Gasteiger partial charge in [-0.2, -0.15) is 5.01 Å². The Bertz CT molecular complexity index is 1660. The van der Waals surface area contributed by atoms with Crippen molar-refractivity contribution in [3.63, 3.8) is 0 Å². The quantitative estimate of drug-likeness (QED) is 0.314. The minimum absolute atomic E-state index is 0.0203. The number of rotatable bonds is 8. The van der Waals surface area contributed by atoms with Gasteiger partial charge in [-0.3, -0.25) is 14.6 Å². The van der Waals surface area contributed by atoms with Crippen molar-refractivity contribution in [2.24, 2.45) is 0 Å². The lowest BCUT2D eigenvalue weighted by molar-refractivity contribution is -0.158. The summed E-state index contributed by atoms with van der Waals surface area (Å²) >= 11 is 0. The number of urea groups is 1. The zero-order valence-corrected chi connectivity index (χ0v) is 24.9. The summed E-state index contributed by atoms with van der Waals surface area (Å²) in [7, 11) is 0. The number of fused-ring (bicyclic) bond motifs is 2. The van der Waals surface area contributed by atoms with Crippen LogP contribution in [-0.2, 0) is 29.1 Å². The van der Waals surface area contributed by atoms with Gasteiger partial charge in [-0.15, -0.1) is 0 Å². The second kappa shape index (κ2) is 12.5. The summed E-state index contributed by atoms with van der Waals surface area (Å²) < 4.78 is 13.4. The fraction of sp³-hybridized carbons (Fsp3) is 0.286. The Morgan fingerprint density at radius 1 is 0.909 bits per heavy atom. The third-order valence-corrected chi connectivity index (χ3v) is 8.41. The summed E-state index contributed by atoms with van der Waals surface area (Å²) in [6.45, 7) is 4.62. The minimum atomic E-state index is -0.708. The van der Waals surface area contributed by atoms with Crippen LogP contribution in [0, 0.1) is 5.82 Å². The number of piperazine rings is 1. The zero-order chi connectivity index (χ0) is 30.8. The van der Waals surface area contributed by atoms with E-state index in [0.29, 0.717) is 13.0 Å². The Morgan fingerprint density at radius 3 is 2.36 bits per heavy atom. The molecule has 4 amide bonds. The van der Waals surface area contributed by atoms with Crippen LogP contribution in [0.1, 0.15) is 30.5 Å². The molecule has 8 nitrogen and oxygen atoms in total. The topological polar surface area (TPSA) is 76.2 Å². The van der Waals surface area contributed by atoms with E-state index < -0.39 is 12.2 Å². The molecule has 0 radical (unpaired) electrons. The molecule has 0 aromatic heterocycles. The SMILES string of the molecule is CC(C)N(C(=O)NCc1ccc(F)cc1)N1CC(=O)N2[C@@H](Cc3ccccc3)C(=O)N(Cc3cccc4ccccc34)C[C@@H]21. The van der Waals surface area contributed by atoms with E-state index in [1.165, 1.54) is 12.1 Å². The molecule has 0 saturated carbocycles. The molecule has 6 rings (SSSR count). The molecule has 226 valence electrons. The highest BCUT2D eigenvalue weighted by Crippen LogP contribution is 2.32. The summed E-state index contributed by atoms with van der Waals surface area (Å²) in [5, 5.41) is 8.48. The number of hydrazine groups is 1. The van der Waals surface area contributed by atoms with Gasteiger partial charge in [0.2, 0.25) is 11.8 Å². The molecule has 0 bridgehead atoms. The smallest absolute Gasteiger partial charge is 0.332 e. The molecule has 0 aliphatic carbocycles. The van der Waals surface area contributed by atoms with E-state index in [1.54, 1.807) is 27.1 Å². The standard InChI is InChI=1S/C35H36FN5O3/c1-24(2)41(35(44)37-20-26-15-17-29(36)18-16-26)39-23-33(42)40-31(19-25-9-4-3-5-10-25)34(43)38(22-32(39)40)21-28-13-8-12-27-11-6-7-14-30(27)28/h3-18,24,31-32H,19-23H2,1-2H3,(H,37,44)/t31-,32+/m0/s1. The van der Waals surface area contributed by atoms with Crippen molar-refractivity contribution < 1.29 is 18.8 Å². The molecule has 0 unspecified atom stereocenters. The molecule has 2 fully saturated rings. The number of nitrogens with zero attached hydrogens (tertiary/aromatic N) is 4. The molecule has 2 aliphatic rings. The summed E-state index contributed by atoms with van der Waals surface area (Å²) in [6.07, 6.45) is -0.150. The van der Waals surface area contributed by atoms with Crippen LogP contribution in [0.3, 0.4) is 0 Å². The second-order valence-electron chi connectivity index (χ2n) is 11.7. The number of hydrogen-bond acceptors (Lipinski definition) is 4. The average molecular weight is 594 g/mol. The van der Waals surface area contributed by atoms with Crippen molar-refractivity contribution in [1.29, 1.82) is 0 Å². The van der Waals surface area contributed by atoms with Crippen LogP contribution in [-0.4, -0.2) is 69.0 Å². The molecule has 2 saturated heterocycles. The first-order valence-corrected chi connectivity index (χ1v) is 15.0. The van der Waals surface area contributed by atoms with Gasteiger partial charge in [0.05, 0.1) is 13.1 Å². The van der Waals surface area contributed by atoms with E-state index in [0.717, 1.165) is 27.5 Å². The first-order chi connectivity index (χ1) is 21.3. The van der Waals surface area contributed by atoms with Crippen LogP contribution in [0.5, 0.6) is 0 Å². The number of amides is 4. The predicted molar refractivity (Wildman–Crippen MR) is 166 cm³/mol. The maximum absolute atomic E-state index is 14.2. The van der Waals surface area contributed by atoms with Crippen molar-refractivity contribution in [2.45, 2.75) is 51.6 Å². The lowest BCUT2D eigenvalue weighted by Crippen LogP contribution is -2.66. The normalized spacial score (nSPS) is 18.6. The van der Waals surface area contributed by atoms with Crippen LogP contribution in [0.4, 0.5) is 9.18 Å². The molecule has 44 heavy (non-hydrogen) atoms. The molecule has 1 N–H and O–H groups in total. The van der Waals surface area contributed by atoms with Crippen molar-refractivity contribution in [1.82, 2.24) is 25.1 Å². The van der Waals surface area contributed by atoms with Gasteiger partial charge in [-0.1, -0.05) is 84.9 Å². The summed E-state index contributed by atoms with van der Waals surface area (Å²) in [6, 6.07) is 28.5. The molecule has 2 heterocycles. The molecular weight excluding hydrogens is 557 g/mol. The molecular formula is C35H36FN5O3. The Balaban J connectivity index is 1.31. The van der Waals surface area contributed by atoms with Gasteiger partial charge >= 0.3 is 6.03 Å². The average Bonchev–Trinajstić information content (AvgIpc) is 3.34. The number of hydrogen-bond donors (Lipinski definition) is 1. The Kier molecular flexibility index (Phi) is 8.30. The van der Waals surface area contributed by atoms with E-state index >= 15 is 0 Å². The van der Waals surface area contributed by atoms with Crippen LogP contribution in [0.15, 0.2) is 97.1 Å². The number of carbonyl (C=O) groups excluding carboxylic acids is 3. The highest BCUT2D eigenvalue weighted by atomic mass is 19.1. The van der Waals surface area contributed by atoms with Crippen molar-refractivity contribution in [3.05, 3.63) is 120 Å². The molecule has 0 spiro atoms. The van der Waals surface area contributed by atoms with Crippen molar-refractivity contribution >= 4 is 28.6 Å². The van der Waals surface area contributed by atoms with Crippen molar-refractivity contribution in [3.8, 4) is 0 Å². The Labute approximate surface area is 256 Å². The molecule has 2 aliphatic heterocycles. The summed E-state index contributed by atoms with van der Waals surface area (Å²) in [5.41, 5.74) is 2.74. The van der Waals surface area contributed by atoms with Gasteiger partial charge in [-0.25, -0.2) is 9.18 Å². The fourth-order valence-electron chi connectivity index (χ4n) is 6.35. The molecule has 4 aromatic rings. The van der Waals surface area contributed by atoms with Gasteiger partial charge in [0, 0.05) is 25.6 Å². The highest BCUT2D eigenvalue weighted by molar-refractivity contribution is 5.92. The van der Waals surface area contributed by atoms with Crippen LogP contribution in [0.25, 0.3) is 10.8 Å². The van der Waals surface area contributed by atoms with E-state index in [1.807, 2.05) is 73.3 Å².